The van der Waals surface area contributed by atoms with E-state index in [9.17, 15) is 9.90 Å². The number of aromatic nitrogens is 3. The zero-order valence-corrected chi connectivity index (χ0v) is 18.6. The molecule has 164 valence electrons. The zero-order chi connectivity index (χ0) is 22.9. The van der Waals surface area contributed by atoms with Crippen molar-refractivity contribution >= 4 is 23.8 Å². The summed E-state index contributed by atoms with van der Waals surface area (Å²) in [5.74, 6) is 0.477. The van der Waals surface area contributed by atoms with Crippen LogP contribution in [0.1, 0.15) is 30.7 Å². The number of carbonyl (C=O) groups is 1. The minimum Gasteiger partial charge on any atom is -0.508 e. The number of carbonyl (C=O) groups excluding carboxylic acids is 1. The van der Waals surface area contributed by atoms with Gasteiger partial charge in [-0.1, -0.05) is 18.2 Å². The Bertz CT molecular complexity index is 1120. The van der Waals surface area contributed by atoms with E-state index in [0.29, 0.717) is 0 Å². The normalized spacial score (nSPS) is 12.0. The van der Waals surface area contributed by atoms with Crippen LogP contribution in [0, 0.1) is 6.92 Å². The third-order valence-corrected chi connectivity index (χ3v) is 5.07. The summed E-state index contributed by atoms with van der Waals surface area (Å²) in [7, 11) is 0. The van der Waals surface area contributed by atoms with E-state index in [1.165, 1.54) is 18.2 Å². The molecule has 32 heavy (non-hydrogen) atoms. The smallest absolute Gasteiger partial charge is 0.182 e. The number of rotatable bonds is 9. The second kappa shape index (κ2) is 10.9. The number of hydrogen-bond acceptors (Lipinski definition) is 5. The van der Waals surface area contributed by atoms with E-state index < -0.39 is 0 Å². The summed E-state index contributed by atoms with van der Waals surface area (Å²) < 4.78 is 1.83. The first kappa shape index (κ1) is 22.7. The van der Waals surface area contributed by atoms with Crippen molar-refractivity contribution in [1.29, 1.82) is 0 Å². The Kier molecular flexibility index (Phi) is 7.75. The van der Waals surface area contributed by atoms with Crippen LogP contribution in [0.15, 0.2) is 78.8 Å². The second-order valence-electron chi connectivity index (χ2n) is 7.19. The highest BCUT2D eigenvalue weighted by Gasteiger charge is 2.06. The van der Waals surface area contributed by atoms with Crippen LogP contribution >= 0.6 is 0 Å². The maximum absolute atomic E-state index is 12.2. The number of aliphatic hydroxyl groups excluding tert-OH is 1. The van der Waals surface area contributed by atoms with Gasteiger partial charge in [0.05, 0.1) is 11.9 Å². The fourth-order valence-corrected chi connectivity index (χ4v) is 3.24. The maximum atomic E-state index is 12.2. The lowest BCUT2D eigenvalue weighted by atomic mass is 10.2. The number of ketones is 1. The standard InChI is InChI=1S/C26H28N4O2/c1-4-29(5-2)26-16-12-21(18-27-26)11-14-24(31)17-25(32)15-13-22-19-28-30(20(22)3)23-9-7-6-8-10-23/h6-19,32H,4-5H2,1-3H3/b14-11+,15-13+,25-17-. The van der Waals surface area contributed by atoms with E-state index in [4.69, 9.17) is 0 Å². The average Bonchev–Trinajstić information content (AvgIpc) is 3.18. The van der Waals surface area contributed by atoms with Crippen molar-refractivity contribution in [3.63, 3.8) is 0 Å². The third-order valence-electron chi connectivity index (χ3n) is 5.07. The number of allylic oxidation sites excluding steroid dienone is 3. The van der Waals surface area contributed by atoms with Gasteiger partial charge in [0, 0.05) is 36.6 Å². The van der Waals surface area contributed by atoms with Crippen LogP contribution in [-0.4, -0.2) is 38.7 Å². The van der Waals surface area contributed by atoms with Crippen LogP contribution in [-0.2, 0) is 4.79 Å². The second-order valence-corrected chi connectivity index (χ2v) is 7.19. The predicted octanol–water partition coefficient (Wildman–Crippen LogP) is 5.16. The molecule has 0 aliphatic carbocycles. The Morgan fingerprint density at radius 3 is 2.44 bits per heavy atom. The van der Waals surface area contributed by atoms with Gasteiger partial charge in [-0.2, -0.15) is 5.10 Å². The monoisotopic (exact) mass is 428 g/mol. The van der Waals surface area contributed by atoms with E-state index in [-0.39, 0.29) is 11.5 Å². The molecule has 0 atom stereocenters. The molecule has 1 aromatic carbocycles. The molecule has 0 saturated heterocycles. The molecular formula is C26H28N4O2. The lowest BCUT2D eigenvalue weighted by Crippen LogP contribution is -2.22. The molecule has 0 amide bonds. The molecule has 0 saturated carbocycles. The first-order valence-corrected chi connectivity index (χ1v) is 10.6. The van der Waals surface area contributed by atoms with Gasteiger partial charge >= 0.3 is 0 Å². The summed E-state index contributed by atoms with van der Waals surface area (Å²) in [5.41, 5.74) is 3.58. The van der Waals surface area contributed by atoms with Crippen molar-refractivity contribution in [2.75, 3.05) is 18.0 Å². The third kappa shape index (κ3) is 5.82. The Hall–Kier alpha value is -3.93. The van der Waals surface area contributed by atoms with Crippen LogP contribution in [0.4, 0.5) is 5.82 Å². The highest BCUT2D eigenvalue weighted by Crippen LogP contribution is 2.16. The van der Waals surface area contributed by atoms with Crippen molar-refractivity contribution < 1.29 is 9.90 Å². The van der Waals surface area contributed by atoms with Gasteiger partial charge < -0.3 is 10.0 Å². The van der Waals surface area contributed by atoms with Crippen molar-refractivity contribution in [3.05, 3.63) is 95.7 Å². The molecule has 6 heteroatoms. The van der Waals surface area contributed by atoms with Crippen molar-refractivity contribution in [2.45, 2.75) is 20.8 Å². The quantitative estimate of drug-likeness (QED) is 0.290. The number of anilines is 1. The Morgan fingerprint density at radius 2 is 1.78 bits per heavy atom. The van der Waals surface area contributed by atoms with Crippen molar-refractivity contribution in [1.82, 2.24) is 14.8 Å². The van der Waals surface area contributed by atoms with Gasteiger partial charge in [-0.05, 0) is 74.9 Å². The molecule has 2 heterocycles. The SMILES string of the molecule is CCN(CC)c1ccc(/C=C/C(=O)/C=C(O)/C=C/c2cnn(-c3ccccc3)c2C)cn1. The summed E-state index contributed by atoms with van der Waals surface area (Å²) >= 11 is 0. The van der Waals surface area contributed by atoms with Crippen LogP contribution in [0.3, 0.4) is 0 Å². The van der Waals surface area contributed by atoms with E-state index >= 15 is 0 Å². The molecule has 0 spiro atoms. The average molecular weight is 429 g/mol. The molecule has 0 aliphatic rings. The first-order valence-electron chi connectivity index (χ1n) is 10.6. The molecule has 6 nitrogen and oxygen atoms in total. The molecule has 3 rings (SSSR count). The summed E-state index contributed by atoms with van der Waals surface area (Å²) in [6.07, 6.45) is 11.0. The fourth-order valence-electron chi connectivity index (χ4n) is 3.24. The van der Waals surface area contributed by atoms with Crippen LogP contribution in [0.25, 0.3) is 17.8 Å². The van der Waals surface area contributed by atoms with Gasteiger partial charge in [-0.25, -0.2) is 9.67 Å². The van der Waals surface area contributed by atoms with Gasteiger partial charge in [0.15, 0.2) is 5.78 Å². The first-order chi connectivity index (χ1) is 15.5. The molecule has 1 N–H and O–H groups in total. The van der Waals surface area contributed by atoms with Crippen LogP contribution in [0.2, 0.25) is 0 Å². The molecular weight excluding hydrogens is 400 g/mol. The number of benzene rings is 1. The summed E-state index contributed by atoms with van der Waals surface area (Å²) in [6, 6.07) is 13.7. The van der Waals surface area contributed by atoms with Crippen LogP contribution < -0.4 is 4.90 Å². The van der Waals surface area contributed by atoms with Gasteiger partial charge in [-0.3, -0.25) is 4.79 Å². The molecule has 0 unspecified atom stereocenters. The number of hydrogen-bond donors (Lipinski definition) is 1. The topological polar surface area (TPSA) is 71.2 Å². The summed E-state index contributed by atoms with van der Waals surface area (Å²) in [5, 5.41) is 14.5. The van der Waals surface area contributed by atoms with Gasteiger partial charge in [0.1, 0.15) is 11.6 Å². The lowest BCUT2D eigenvalue weighted by molar-refractivity contribution is -0.110. The minimum absolute atomic E-state index is 0.124. The van der Waals surface area contributed by atoms with Gasteiger partial charge in [0.25, 0.3) is 0 Å². The Balaban J connectivity index is 1.63. The Labute approximate surface area is 188 Å². The lowest BCUT2D eigenvalue weighted by Gasteiger charge is -2.19. The number of pyridine rings is 1. The molecule has 2 aromatic heterocycles. The number of aliphatic hydroxyl groups is 1. The number of nitrogens with zero attached hydrogens (tertiary/aromatic N) is 4. The zero-order valence-electron chi connectivity index (χ0n) is 18.6. The molecule has 0 radical (unpaired) electrons. The fraction of sp³-hybridized carbons (Fsp3) is 0.192. The predicted molar refractivity (Wildman–Crippen MR) is 130 cm³/mol. The van der Waals surface area contributed by atoms with Crippen LogP contribution in [0.5, 0.6) is 0 Å². The highest BCUT2D eigenvalue weighted by atomic mass is 16.3. The highest BCUT2D eigenvalue weighted by molar-refractivity contribution is 6.02. The van der Waals surface area contributed by atoms with Gasteiger partial charge in [-0.15, -0.1) is 0 Å². The molecule has 0 bridgehead atoms. The molecule has 0 aliphatic heterocycles. The molecule has 3 aromatic rings. The van der Waals surface area contributed by atoms with Crippen molar-refractivity contribution in [3.8, 4) is 5.69 Å². The maximum Gasteiger partial charge on any atom is 0.182 e. The van der Waals surface area contributed by atoms with E-state index in [2.05, 4.69) is 28.8 Å². The van der Waals surface area contributed by atoms with E-state index in [1.807, 2.05) is 54.1 Å². The van der Waals surface area contributed by atoms with E-state index in [0.717, 1.165) is 41.4 Å². The summed E-state index contributed by atoms with van der Waals surface area (Å²) in [4.78, 5) is 18.7. The Morgan fingerprint density at radius 1 is 1.03 bits per heavy atom. The van der Waals surface area contributed by atoms with Gasteiger partial charge in [0.2, 0.25) is 0 Å². The van der Waals surface area contributed by atoms with E-state index in [1.54, 1.807) is 24.5 Å². The summed E-state index contributed by atoms with van der Waals surface area (Å²) in [6.45, 7) is 7.90. The molecule has 0 fully saturated rings. The number of para-hydroxylation sites is 1. The largest absolute Gasteiger partial charge is 0.508 e. The van der Waals surface area contributed by atoms with Crippen molar-refractivity contribution in [2.24, 2.45) is 0 Å². The minimum atomic E-state index is -0.309.